The molecule has 4 fully saturated rings. The van der Waals surface area contributed by atoms with E-state index in [1.165, 1.54) is 19.2 Å². The molecule has 12 atom stereocenters. The Hall–Kier alpha value is -4.52. The van der Waals surface area contributed by atoms with Crippen LogP contribution in [0.15, 0.2) is 59.8 Å². The number of pyridine rings is 1. The Morgan fingerprint density at radius 1 is 1.05 bits per heavy atom. The van der Waals surface area contributed by atoms with Crippen molar-refractivity contribution in [1.82, 2.24) is 15.2 Å². The predicted molar refractivity (Wildman–Crippen MR) is 221 cm³/mol. The molecule has 2 bridgehead atoms. The van der Waals surface area contributed by atoms with Crippen molar-refractivity contribution in [3.63, 3.8) is 0 Å². The molecule has 1 aromatic heterocycles. The summed E-state index contributed by atoms with van der Waals surface area (Å²) in [6.07, 6.45) is -7.45. The van der Waals surface area contributed by atoms with Gasteiger partial charge in [-0.3, -0.25) is 9.78 Å². The molecular weight excluding hydrogens is 822 g/mol. The molecule has 17 heteroatoms. The molecule has 2 aromatic rings. The van der Waals surface area contributed by atoms with Crippen LogP contribution in [0.5, 0.6) is 0 Å². The van der Waals surface area contributed by atoms with Gasteiger partial charge in [0.1, 0.15) is 53.2 Å². The highest BCUT2D eigenvalue weighted by Gasteiger charge is 2.77. The summed E-state index contributed by atoms with van der Waals surface area (Å²) >= 11 is 0. The average molecular weight is 882 g/mol. The number of nitrogens with zero attached hydrogens (tertiary/aromatic N) is 2. The number of aliphatic hydroxyl groups excluding tert-OH is 1. The minimum absolute atomic E-state index is 0.0603. The Morgan fingerprint density at radius 3 is 2.35 bits per heavy atom. The van der Waals surface area contributed by atoms with Gasteiger partial charge in [-0.2, -0.15) is 0 Å². The van der Waals surface area contributed by atoms with Crippen molar-refractivity contribution in [1.29, 1.82) is 0 Å². The number of alkyl carbamates (subject to hydrolysis) is 1. The van der Waals surface area contributed by atoms with E-state index in [2.05, 4.69) is 10.3 Å². The van der Waals surface area contributed by atoms with Gasteiger partial charge in [0.25, 0.3) is 0 Å². The Morgan fingerprint density at radius 2 is 1.75 bits per heavy atom. The molecule has 16 nitrogen and oxygen atoms in total. The van der Waals surface area contributed by atoms with E-state index < -0.39 is 124 Å². The van der Waals surface area contributed by atoms with E-state index in [0.717, 1.165) is 6.07 Å². The van der Waals surface area contributed by atoms with Crippen LogP contribution in [0.3, 0.4) is 0 Å². The van der Waals surface area contributed by atoms with Gasteiger partial charge in [0.2, 0.25) is 0 Å². The zero-order valence-corrected chi connectivity index (χ0v) is 37.5. The Bertz CT molecular complexity index is 2130. The number of aliphatic hydroxyl groups is 2. The van der Waals surface area contributed by atoms with Crippen LogP contribution in [-0.2, 0) is 42.7 Å². The van der Waals surface area contributed by atoms with Crippen molar-refractivity contribution in [2.75, 3.05) is 27.2 Å². The fourth-order valence-corrected chi connectivity index (χ4v) is 10.8. The minimum Gasteiger partial charge on any atom is -0.456 e. The summed E-state index contributed by atoms with van der Waals surface area (Å²) in [5.41, 5.74) is -6.14. The summed E-state index contributed by atoms with van der Waals surface area (Å²) in [7, 11) is 3.75. The number of rotatable bonds is 10. The molecule has 3 heterocycles. The molecule has 1 aromatic carbocycles. The molecule has 7 rings (SSSR count). The van der Waals surface area contributed by atoms with Gasteiger partial charge < -0.3 is 53.6 Å². The molecule has 5 aliphatic rings. The van der Waals surface area contributed by atoms with Crippen molar-refractivity contribution in [2.45, 2.75) is 140 Å². The summed E-state index contributed by atoms with van der Waals surface area (Å²) in [6, 6.07) is 8.88. The number of fused-ring (bicyclic) bond motifs is 8. The second kappa shape index (κ2) is 16.8. The number of likely N-dealkylation sites (N-methyl/N-ethyl adjacent to an activating group) is 1. The minimum atomic E-state index is -2.24. The summed E-state index contributed by atoms with van der Waals surface area (Å²) in [5, 5.41) is 28.0. The molecule has 2 saturated carbocycles. The van der Waals surface area contributed by atoms with E-state index in [1.807, 2.05) is 25.9 Å². The van der Waals surface area contributed by atoms with Crippen molar-refractivity contribution in [2.24, 2.45) is 16.7 Å². The molecular formula is C46H60FN3O13. The molecule has 2 saturated heterocycles. The first-order valence-corrected chi connectivity index (χ1v) is 21.4. The van der Waals surface area contributed by atoms with Gasteiger partial charge in [-0.25, -0.2) is 18.8 Å². The number of esters is 3. The lowest BCUT2D eigenvalue weighted by Gasteiger charge is -2.68. The van der Waals surface area contributed by atoms with Crippen LogP contribution in [-0.4, -0.2) is 131 Å². The van der Waals surface area contributed by atoms with E-state index in [9.17, 15) is 29.4 Å². The maximum atomic E-state index is 15.3. The number of hydrogen-bond donors (Lipinski definition) is 3. The number of carbonyl (C=O) groups excluding carboxylic acids is 4. The fraction of sp³-hybridized carbons (Fsp3) is 0.630. The molecule has 0 spiro atoms. The fourth-order valence-electron chi connectivity index (χ4n) is 10.8. The lowest BCUT2D eigenvalue weighted by molar-refractivity contribution is -0.345. The van der Waals surface area contributed by atoms with E-state index >= 15 is 4.39 Å². The number of halogens is 1. The standard InChI is InChI=1S/C46H60FN3O13/c1-24-28(58-40(54)34(52)33(32-27(47)17-14-20-48-32)49-41(55)63-42(3,4)5)21-46(56)38(61-39(53)26-15-12-11-13-16-26)36-44(8,19-18-29-45(36,23-57-29)62-25(2)51)37-35(31(24)43(46,6)7)59-30(60-37)22-50(9)10/h11-17,20,28-30,33-38,52,56H,18-19,21-23H2,1-10H3,(H,49,55)/t28-,29+,30+,33-,34+,35+,36?,37?,38-,44+,45-,46+/m0/s1. The Labute approximate surface area is 366 Å². The summed E-state index contributed by atoms with van der Waals surface area (Å²) in [6.45, 7) is 13.7. The summed E-state index contributed by atoms with van der Waals surface area (Å²) in [4.78, 5) is 60.9. The van der Waals surface area contributed by atoms with Crippen molar-refractivity contribution in [3.8, 4) is 0 Å². The van der Waals surface area contributed by atoms with Gasteiger partial charge in [0.05, 0.1) is 24.2 Å². The van der Waals surface area contributed by atoms with Crippen LogP contribution < -0.4 is 5.32 Å². The van der Waals surface area contributed by atoms with E-state index in [1.54, 1.807) is 71.9 Å². The molecule has 0 radical (unpaired) electrons. The maximum absolute atomic E-state index is 15.3. The molecule has 3 N–H and O–H groups in total. The Balaban J connectivity index is 1.38. The third-order valence-electron chi connectivity index (χ3n) is 13.6. The highest BCUT2D eigenvalue weighted by Crippen LogP contribution is 2.66. The van der Waals surface area contributed by atoms with Gasteiger partial charge in [-0.05, 0) is 90.0 Å². The van der Waals surface area contributed by atoms with Crippen LogP contribution in [0.4, 0.5) is 9.18 Å². The third-order valence-corrected chi connectivity index (χ3v) is 13.6. The second-order valence-corrected chi connectivity index (χ2v) is 19.6. The topological polar surface area (TPSA) is 202 Å². The molecule has 2 aliphatic heterocycles. The first-order valence-electron chi connectivity index (χ1n) is 21.4. The predicted octanol–water partition coefficient (Wildman–Crippen LogP) is 4.56. The maximum Gasteiger partial charge on any atom is 0.408 e. The zero-order chi connectivity index (χ0) is 46.0. The Kier molecular flexibility index (Phi) is 12.4. The molecule has 63 heavy (non-hydrogen) atoms. The SMILES string of the molecule is CC(=O)O[C@@]12CO[C@@H]1CC[C@@]1(C)C3O[C@H](CN(C)C)O[C@@H]3C3=C(C)[C@@H](OC(=O)[C@H](O)[C@@H](NC(=O)OC(C)(C)C)c4ncccc4F)C[C@@](O)([C@@H](OC(=O)c4ccccc4)C12)C3(C)C. The van der Waals surface area contributed by atoms with E-state index in [-0.39, 0.29) is 12.2 Å². The van der Waals surface area contributed by atoms with Crippen LogP contribution in [0.2, 0.25) is 0 Å². The highest BCUT2D eigenvalue weighted by molar-refractivity contribution is 5.89. The first kappa shape index (κ1) is 46.5. The van der Waals surface area contributed by atoms with Crippen LogP contribution >= 0.6 is 0 Å². The smallest absolute Gasteiger partial charge is 0.408 e. The van der Waals surface area contributed by atoms with Gasteiger partial charge in [-0.1, -0.05) is 39.0 Å². The quantitative estimate of drug-likeness (QED) is 0.170. The lowest BCUT2D eigenvalue weighted by atomic mass is 9.45. The molecule has 2 unspecified atom stereocenters. The van der Waals surface area contributed by atoms with Gasteiger partial charge in [0, 0.05) is 36.9 Å². The summed E-state index contributed by atoms with van der Waals surface area (Å²) in [5.74, 6) is -4.55. The summed E-state index contributed by atoms with van der Waals surface area (Å²) < 4.78 is 59.7. The lowest BCUT2D eigenvalue weighted by Crippen LogP contribution is -2.79. The third kappa shape index (κ3) is 8.25. The highest BCUT2D eigenvalue weighted by atomic mass is 19.1. The number of ether oxygens (including phenoxy) is 7. The number of benzene rings is 1. The van der Waals surface area contributed by atoms with Crippen LogP contribution in [0.1, 0.15) is 96.7 Å². The van der Waals surface area contributed by atoms with Gasteiger partial charge in [-0.15, -0.1) is 0 Å². The average Bonchev–Trinajstić information content (AvgIpc) is 3.59. The number of carbonyl (C=O) groups is 4. The van der Waals surface area contributed by atoms with Gasteiger partial charge in [0.15, 0.2) is 18.0 Å². The van der Waals surface area contributed by atoms with E-state index in [0.29, 0.717) is 30.5 Å². The normalized spacial score (nSPS) is 34.1. The number of nitrogens with one attached hydrogen (secondary N) is 1. The van der Waals surface area contributed by atoms with Crippen LogP contribution in [0.25, 0.3) is 0 Å². The second-order valence-electron chi connectivity index (χ2n) is 19.6. The van der Waals surface area contributed by atoms with Crippen molar-refractivity contribution >= 4 is 24.0 Å². The molecule has 1 amide bonds. The largest absolute Gasteiger partial charge is 0.456 e. The molecule has 344 valence electrons. The number of aromatic nitrogens is 1. The van der Waals surface area contributed by atoms with E-state index in [4.69, 9.17) is 33.2 Å². The van der Waals surface area contributed by atoms with Crippen LogP contribution in [0, 0.1) is 22.6 Å². The molecule has 3 aliphatic carbocycles. The zero-order valence-electron chi connectivity index (χ0n) is 37.5. The first-order chi connectivity index (χ1) is 29.4. The van der Waals surface area contributed by atoms with Crippen molar-refractivity contribution in [3.05, 3.63) is 76.9 Å². The monoisotopic (exact) mass is 881 g/mol. The van der Waals surface area contributed by atoms with Crippen molar-refractivity contribution < 1.29 is 66.9 Å². The van der Waals surface area contributed by atoms with Gasteiger partial charge >= 0.3 is 24.0 Å². The number of amides is 1. The number of hydrogen-bond acceptors (Lipinski definition) is 15.